The fourth-order valence-electron chi connectivity index (χ4n) is 1.27. The zero-order chi connectivity index (χ0) is 9.90. The van der Waals surface area contributed by atoms with Crippen LogP contribution in [0.1, 0.15) is 13.3 Å². The minimum Gasteiger partial charge on any atom is -0.350 e. The summed E-state index contributed by atoms with van der Waals surface area (Å²) in [5.74, 6) is -0.546. The van der Waals surface area contributed by atoms with Gasteiger partial charge in [-0.2, -0.15) is 0 Å². The van der Waals surface area contributed by atoms with Gasteiger partial charge in [-0.05, 0) is 13.5 Å². The number of halogens is 2. The van der Waals surface area contributed by atoms with Gasteiger partial charge in [0.2, 0.25) is 5.67 Å². The molecule has 1 amide bonds. The molecule has 0 spiro atoms. The van der Waals surface area contributed by atoms with E-state index >= 15 is 0 Å². The molecule has 0 saturated carbocycles. The van der Waals surface area contributed by atoms with Crippen LogP contribution in [0.15, 0.2) is 0 Å². The van der Waals surface area contributed by atoms with Crippen LogP contribution in [0, 0.1) is 0 Å². The predicted molar refractivity (Wildman–Crippen MR) is 55.2 cm³/mol. The van der Waals surface area contributed by atoms with Crippen LogP contribution in [0.4, 0.5) is 4.39 Å². The van der Waals surface area contributed by atoms with E-state index in [9.17, 15) is 9.18 Å². The standard InChI is InChI=1S/C8H16FN3O.ClH/c1-6(4-10)12-7(13)8(9)2-3-11-5-8;/h6,11H,2-5,10H2,1H3,(H,12,13);1H/t6-,8?;/m0./s1. The number of hydrogen-bond acceptors (Lipinski definition) is 3. The van der Waals surface area contributed by atoms with Crippen LogP contribution < -0.4 is 16.4 Å². The molecule has 6 heteroatoms. The van der Waals surface area contributed by atoms with Crippen LogP contribution in [0.3, 0.4) is 0 Å². The van der Waals surface area contributed by atoms with Crippen LogP contribution in [-0.4, -0.2) is 37.3 Å². The summed E-state index contributed by atoms with van der Waals surface area (Å²) in [6.45, 7) is 2.75. The van der Waals surface area contributed by atoms with Crippen LogP contribution in [0.2, 0.25) is 0 Å². The molecule has 4 nitrogen and oxygen atoms in total. The Labute approximate surface area is 89.2 Å². The largest absolute Gasteiger partial charge is 0.350 e. The monoisotopic (exact) mass is 225 g/mol. The number of hydrogen-bond donors (Lipinski definition) is 3. The van der Waals surface area contributed by atoms with Crippen molar-refractivity contribution < 1.29 is 9.18 Å². The fourth-order valence-corrected chi connectivity index (χ4v) is 1.27. The number of nitrogens with one attached hydrogen (secondary N) is 2. The van der Waals surface area contributed by atoms with Gasteiger partial charge in [-0.25, -0.2) is 4.39 Å². The second kappa shape index (κ2) is 5.48. The molecule has 84 valence electrons. The third kappa shape index (κ3) is 3.08. The van der Waals surface area contributed by atoms with Crippen molar-refractivity contribution in [1.82, 2.24) is 10.6 Å². The number of alkyl halides is 1. The summed E-state index contributed by atoms with van der Waals surface area (Å²) >= 11 is 0. The van der Waals surface area contributed by atoms with Crippen molar-refractivity contribution in [2.75, 3.05) is 19.6 Å². The molecule has 2 atom stereocenters. The van der Waals surface area contributed by atoms with Crippen molar-refractivity contribution in [2.24, 2.45) is 5.73 Å². The van der Waals surface area contributed by atoms with Crippen molar-refractivity contribution in [2.45, 2.75) is 25.1 Å². The summed E-state index contributed by atoms with van der Waals surface area (Å²) in [6, 6.07) is -0.166. The highest BCUT2D eigenvalue weighted by Crippen LogP contribution is 2.19. The van der Waals surface area contributed by atoms with E-state index in [1.54, 1.807) is 6.92 Å². The summed E-state index contributed by atoms with van der Waals surface area (Å²) in [5, 5.41) is 5.35. The van der Waals surface area contributed by atoms with Gasteiger partial charge in [0.05, 0.1) is 0 Å². The minimum absolute atomic E-state index is 0. The summed E-state index contributed by atoms with van der Waals surface area (Å²) in [6.07, 6.45) is 0.246. The molecule has 1 unspecified atom stereocenters. The third-order valence-corrected chi connectivity index (χ3v) is 2.24. The van der Waals surface area contributed by atoms with Gasteiger partial charge in [-0.1, -0.05) is 0 Å². The molecule has 4 N–H and O–H groups in total. The molecular weight excluding hydrogens is 209 g/mol. The van der Waals surface area contributed by atoms with Gasteiger partial charge in [0.15, 0.2) is 0 Å². The number of nitrogens with two attached hydrogens (primary N) is 1. The quantitative estimate of drug-likeness (QED) is 0.611. The summed E-state index contributed by atoms with van der Waals surface area (Å²) in [5.41, 5.74) is 3.58. The lowest BCUT2D eigenvalue weighted by Gasteiger charge is -2.20. The first-order valence-electron chi connectivity index (χ1n) is 4.49. The van der Waals surface area contributed by atoms with E-state index in [4.69, 9.17) is 5.73 Å². The van der Waals surface area contributed by atoms with E-state index in [1.807, 2.05) is 0 Å². The molecule has 0 aromatic carbocycles. The molecule has 0 radical (unpaired) electrons. The molecular formula is C8H17ClFN3O. The maximum absolute atomic E-state index is 13.7. The Morgan fingerprint density at radius 2 is 2.43 bits per heavy atom. The molecule has 0 bridgehead atoms. The van der Waals surface area contributed by atoms with Crippen molar-refractivity contribution in [3.05, 3.63) is 0 Å². The Bertz CT molecular complexity index is 197. The van der Waals surface area contributed by atoms with Crippen molar-refractivity contribution in [3.63, 3.8) is 0 Å². The highest BCUT2D eigenvalue weighted by Gasteiger charge is 2.41. The average Bonchev–Trinajstić information content (AvgIpc) is 2.53. The average molecular weight is 226 g/mol. The molecule has 14 heavy (non-hydrogen) atoms. The maximum Gasteiger partial charge on any atom is 0.259 e. The number of amides is 1. The van der Waals surface area contributed by atoms with Gasteiger partial charge < -0.3 is 16.4 Å². The van der Waals surface area contributed by atoms with Crippen LogP contribution in [0.25, 0.3) is 0 Å². The van der Waals surface area contributed by atoms with Crippen LogP contribution in [0.5, 0.6) is 0 Å². The van der Waals surface area contributed by atoms with E-state index in [0.29, 0.717) is 13.1 Å². The molecule has 1 fully saturated rings. The van der Waals surface area contributed by atoms with Crippen LogP contribution in [-0.2, 0) is 4.79 Å². The Morgan fingerprint density at radius 1 is 1.79 bits per heavy atom. The molecule has 1 aliphatic heterocycles. The van der Waals surface area contributed by atoms with Crippen molar-refractivity contribution in [1.29, 1.82) is 0 Å². The number of carbonyl (C=O) groups is 1. The van der Waals surface area contributed by atoms with Gasteiger partial charge in [0, 0.05) is 25.6 Å². The zero-order valence-corrected chi connectivity index (χ0v) is 8.99. The Balaban J connectivity index is 0.00000169. The Morgan fingerprint density at radius 3 is 2.86 bits per heavy atom. The Hall–Kier alpha value is -0.390. The van der Waals surface area contributed by atoms with Crippen molar-refractivity contribution in [3.8, 4) is 0 Å². The van der Waals surface area contributed by atoms with Crippen LogP contribution >= 0.6 is 12.4 Å². The highest BCUT2D eigenvalue weighted by atomic mass is 35.5. The van der Waals surface area contributed by atoms with Gasteiger partial charge in [0.25, 0.3) is 5.91 Å². The van der Waals surface area contributed by atoms with Gasteiger partial charge in [-0.3, -0.25) is 4.79 Å². The first-order chi connectivity index (χ1) is 6.08. The molecule has 1 heterocycles. The van der Waals surface area contributed by atoms with E-state index in [1.165, 1.54) is 0 Å². The summed E-state index contributed by atoms with van der Waals surface area (Å²) < 4.78 is 13.7. The summed E-state index contributed by atoms with van der Waals surface area (Å²) in [7, 11) is 0. The van der Waals surface area contributed by atoms with E-state index in [-0.39, 0.29) is 31.4 Å². The molecule has 0 aromatic rings. The zero-order valence-electron chi connectivity index (χ0n) is 8.18. The second-order valence-electron chi connectivity index (χ2n) is 3.50. The second-order valence-corrected chi connectivity index (χ2v) is 3.50. The summed E-state index contributed by atoms with van der Waals surface area (Å²) in [4.78, 5) is 11.4. The lowest BCUT2D eigenvalue weighted by molar-refractivity contribution is -0.132. The van der Waals surface area contributed by atoms with E-state index in [2.05, 4.69) is 10.6 Å². The van der Waals surface area contributed by atoms with Gasteiger partial charge >= 0.3 is 0 Å². The molecule has 1 aliphatic rings. The van der Waals surface area contributed by atoms with Gasteiger partial charge in [-0.15, -0.1) is 12.4 Å². The topological polar surface area (TPSA) is 67.1 Å². The minimum atomic E-state index is -1.73. The molecule has 0 aliphatic carbocycles. The predicted octanol–water partition coefficient (Wildman–Crippen LogP) is -0.427. The lowest BCUT2D eigenvalue weighted by Crippen LogP contribution is -2.49. The van der Waals surface area contributed by atoms with E-state index < -0.39 is 11.6 Å². The van der Waals surface area contributed by atoms with Crippen molar-refractivity contribution >= 4 is 18.3 Å². The number of rotatable bonds is 3. The molecule has 1 rings (SSSR count). The number of carbonyl (C=O) groups excluding carboxylic acids is 1. The van der Waals surface area contributed by atoms with Gasteiger partial charge in [0.1, 0.15) is 0 Å². The smallest absolute Gasteiger partial charge is 0.259 e. The molecule has 0 aromatic heterocycles. The Kier molecular flexibility index (Phi) is 5.33. The SMILES string of the molecule is C[C@@H](CN)NC(=O)C1(F)CCNC1.Cl. The van der Waals surface area contributed by atoms with E-state index in [0.717, 1.165) is 0 Å². The first kappa shape index (κ1) is 13.6. The third-order valence-electron chi connectivity index (χ3n) is 2.24. The highest BCUT2D eigenvalue weighted by molar-refractivity contribution is 5.86. The maximum atomic E-state index is 13.7. The first-order valence-corrected chi connectivity index (χ1v) is 4.49. The lowest BCUT2D eigenvalue weighted by atomic mass is 10.0. The normalized spacial score (nSPS) is 27.9. The molecule has 1 saturated heterocycles. The fraction of sp³-hybridized carbons (Fsp3) is 0.875.